The van der Waals surface area contributed by atoms with Crippen molar-refractivity contribution in [2.75, 3.05) is 0 Å². The number of benzene rings is 1. The molecular formula is C14H11ClN3O2Pd-. The van der Waals surface area contributed by atoms with Crippen molar-refractivity contribution in [3.63, 3.8) is 0 Å². The van der Waals surface area contributed by atoms with Gasteiger partial charge < -0.3 is 27.6 Å². The summed E-state index contributed by atoms with van der Waals surface area (Å²) in [5, 5.41) is 12.9. The zero-order chi connectivity index (χ0) is 13.7. The Labute approximate surface area is 141 Å². The molecule has 0 aliphatic carbocycles. The average molecular weight is 395 g/mol. The molecule has 1 aromatic carbocycles. The van der Waals surface area contributed by atoms with Crippen LogP contribution in [0.25, 0.3) is 21.8 Å². The maximum atomic E-state index is 9.08. The fourth-order valence-corrected chi connectivity index (χ4v) is 1.68. The minimum absolute atomic E-state index is 0. The molecule has 1 N–H and O–H groups in total. The number of carboxylic acid groups (broad SMARTS) is 1. The van der Waals surface area contributed by atoms with E-state index in [1.165, 1.54) is 0 Å². The topological polar surface area (TPSA) is 77.9 Å². The van der Waals surface area contributed by atoms with Crippen LogP contribution in [0.15, 0.2) is 48.8 Å². The Bertz CT molecular complexity index is 670. The molecule has 0 bridgehead atoms. The van der Waals surface area contributed by atoms with Crippen LogP contribution >= 0.6 is 0 Å². The van der Waals surface area contributed by atoms with Crippen LogP contribution in [-0.2, 0) is 20.4 Å². The number of pyridine rings is 2. The molecule has 2 aromatic heterocycles. The first-order valence-electron chi connectivity index (χ1n) is 5.55. The Morgan fingerprint density at radius 1 is 1.00 bits per heavy atom. The largest absolute Gasteiger partial charge is 2.00 e. The zero-order valence-electron chi connectivity index (χ0n) is 10.7. The number of halogens is 1. The number of aromatic nitrogens is 2. The number of nitrogens with one attached hydrogen (secondary N) is 1. The van der Waals surface area contributed by atoms with Gasteiger partial charge in [-0.15, -0.1) is 0 Å². The summed E-state index contributed by atoms with van der Waals surface area (Å²) in [6, 6.07) is 12.1. The molecule has 5 nitrogen and oxygen atoms in total. The fraction of sp³-hybridized carbons (Fsp3) is 0. The van der Waals surface area contributed by atoms with Crippen molar-refractivity contribution in [2.24, 2.45) is 0 Å². The van der Waals surface area contributed by atoms with Gasteiger partial charge in [0.05, 0.1) is 11.0 Å². The monoisotopic (exact) mass is 394 g/mol. The van der Waals surface area contributed by atoms with E-state index in [0.29, 0.717) is 0 Å². The van der Waals surface area contributed by atoms with Crippen molar-refractivity contribution in [1.29, 1.82) is 0 Å². The van der Waals surface area contributed by atoms with Crippen LogP contribution in [0.4, 0.5) is 4.79 Å². The molecule has 7 heteroatoms. The van der Waals surface area contributed by atoms with E-state index in [1.54, 1.807) is 17.7 Å². The number of carbonyl (C=O) groups excluding carboxylic acids is 1. The predicted octanol–water partition coefficient (Wildman–Crippen LogP) is -1.50. The SMILES string of the molecule is [CH2-]NC(=O)[O-].[Cl-].[Pd+2].c1cnc2c(c1)ccc1cccnc12. The van der Waals surface area contributed by atoms with Gasteiger partial charge in [0.1, 0.15) is 6.09 Å². The van der Waals surface area contributed by atoms with Crippen LogP contribution < -0.4 is 22.8 Å². The van der Waals surface area contributed by atoms with Gasteiger partial charge >= 0.3 is 20.4 Å². The van der Waals surface area contributed by atoms with Gasteiger partial charge in [-0.1, -0.05) is 24.3 Å². The first-order chi connectivity index (χ1) is 9.22. The van der Waals surface area contributed by atoms with Crippen LogP contribution in [0.1, 0.15) is 0 Å². The Balaban J connectivity index is 0.000000507. The zero-order valence-corrected chi connectivity index (χ0v) is 13.0. The van der Waals surface area contributed by atoms with Crippen LogP contribution in [-0.4, -0.2) is 16.1 Å². The minimum Gasteiger partial charge on any atom is -1.00 e. The van der Waals surface area contributed by atoms with E-state index < -0.39 is 6.09 Å². The van der Waals surface area contributed by atoms with Crippen LogP contribution in [0, 0.1) is 7.05 Å². The van der Waals surface area contributed by atoms with Crippen molar-refractivity contribution in [2.45, 2.75) is 0 Å². The van der Waals surface area contributed by atoms with E-state index in [4.69, 9.17) is 9.90 Å². The molecule has 0 atom stereocenters. The molecule has 0 saturated heterocycles. The van der Waals surface area contributed by atoms with Crippen molar-refractivity contribution < 1.29 is 42.7 Å². The van der Waals surface area contributed by atoms with Gasteiger partial charge in [0.15, 0.2) is 0 Å². The molecule has 3 rings (SSSR count). The van der Waals surface area contributed by atoms with Crippen molar-refractivity contribution in [3.8, 4) is 0 Å². The van der Waals surface area contributed by atoms with Crippen molar-refractivity contribution in [3.05, 3.63) is 55.8 Å². The Morgan fingerprint density at radius 3 is 1.71 bits per heavy atom. The number of hydrogen-bond acceptors (Lipinski definition) is 4. The number of nitrogens with zero attached hydrogens (tertiary/aromatic N) is 2. The quantitative estimate of drug-likeness (QED) is 0.286. The first-order valence-corrected chi connectivity index (χ1v) is 5.55. The van der Waals surface area contributed by atoms with E-state index in [2.05, 4.69) is 41.3 Å². The summed E-state index contributed by atoms with van der Waals surface area (Å²) in [5.41, 5.74) is 1.95. The summed E-state index contributed by atoms with van der Waals surface area (Å²) in [5.74, 6) is 0. The normalized spacial score (nSPS) is 8.81. The third kappa shape index (κ3) is 4.94. The molecule has 21 heavy (non-hydrogen) atoms. The molecule has 0 saturated carbocycles. The summed E-state index contributed by atoms with van der Waals surface area (Å²) in [6.45, 7) is 0. The molecule has 0 aliphatic heterocycles. The molecule has 0 fully saturated rings. The van der Waals surface area contributed by atoms with Gasteiger partial charge in [-0.2, -0.15) is 0 Å². The van der Waals surface area contributed by atoms with Gasteiger partial charge in [-0.25, -0.2) is 0 Å². The Kier molecular flexibility index (Phi) is 8.48. The van der Waals surface area contributed by atoms with Crippen molar-refractivity contribution >= 4 is 27.9 Å². The van der Waals surface area contributed by atoms with E-state index >= 15 is 0 Å². The molecule has 112 valence electrons. The molecule has 0 radical (unpaired) electrons. The number of fused-ring (bicyclic) bond motifs is 3. The molecule has 3 aromatic rings. The number of carbonyl (C=O) groups is 1. The van der Waals surface area contributed by atoms with Crippen LogP contribution in [0.2, 0.25) is 0 Å². The maximum Gasteiger partial charge on any atom is 2.00 e. The van der Waals surface area contributed by atoms with Gasteiger partial charge in [0.2, 0.25) is 0 Å². The molecular weight excluding hydrogens is 384 g/mol. The van der Waals surface area contributed by atoms with Gasteiger partial charge in [0.25, 0.3) is 0 Å². The summed E-state index contributed by atoms with van der Waals surface area (Å²) in [7, 11) is 2.77. The number of amides is 1. The second-order valence-corrected chi connectivity index (χ2v) is 3.68. The Hall–Kier alpha value is -1.74. The maximum absolute atomic E-state index is 9.08. The standard InChI is InChI=1S/C12H8N2.C2H4NO2.ClH.Pd/c1-3-9-5-6-10-4-2-8-14-12(10)11(9)13-7-1;1-3-2(4)5;;/h1-8H;3H,1H2,(H,4,5);1H;/q;-1;;+2/p-2. The van der Waals surface area contributed by atoms with Crippen molar-refractivity contribution in [1.82, 2.24) is 15.3 Å². The van der Waals surface area contributed by atoms with E-state index in [1.807, 2.05) is 12.1 Å². The molecule has 0 unspecified atom stereocenters. The molecule has 0 spiro atoms. The summed E-state index contributed by atoms with van der Waals surface area (Å²) < 4.78 is 0. The third-order valence-corrected chi connectivity index (χ3v) is 2.49. The third-order valence-electron chi connectivity index (χ3n) is 2.49. The second kappa shape index (κ2) is 9.24. The fourth-order valence-electron chi connectivity index (χ4n) is 1.68. The molecule has 2 heterocycles. The van der Waals surface area contributed by atoms with E-state index in [9.17, 15) is 0 Å². The molecule has 0 aliphatic rings. The summed E-state index contributed by atoms with van der Waals surface area (Å²) >= 11 is 0. The number of hydrogen-bond donors (Lipinski definition) is 1. The van der Waals surface area contributed by atoms with Gasteiger partial charge in [-0.3, -0.25) is 17.0 Å². The average Bonchev–Trinajstić information content (AvgIpc) is 2.48. The second-order valence-electron chi connectivity index (χ2n) is 3.68. The predicted molar refractivity (Wildman–Crippen MR) is 70.9 cm³/mol. The van der Waals surface area contributed by atoms with Gasteiger partial charge in [0, 0.05) is 23.2 Å². The summed E-state index contributed by atoms with van der Waals surface area (Å²) in [4.78, 5) is 17.8. The summed E-state index contributed by atoms with van der Waals surface area (Å²) in [6.07, 6.45) is 2.25. The first kappa shape index (κ1) is 19.3. The molecule has 1 amide bonds. The Morgan fingerprint density at radius 2 is 1.38 bits per heavy atom. The van der Waals surface area contributed by atoms with E-state index in [-0.39, 0.29) is 32.8 Å². The van der Waals surface area contributed by atoms with Crippen LogP contribution in [0.5, 0.6) is 0 Å². The van der Waals surface area contributed by atoms with Crippen LogP contribution in [0.3, 0.4) is 0 Å². The smallest absolute Gasteiger partial charge is 1.00 e. The van der Waals surface area contributed by atoms with E-state index in [0.717, 1.165) is 21.8 Å². The van der Waals surface area contributed by atoms with Gasteiger partial charge in [-0.05, 0) is 12.1 Å². The minimum atomic E-state index is -1.36. The number of rotatable bonds is 0.